The summed E-state index contributed by atoms with van der Waals surface area (Å²) < 4.78 is 5.41. The quantitative estimate of drug-likeness (QED) is 0.632. The Kier molecular flexibility index (Phi) is 1.79. The maximum absolute atomic E-state index is 10.8. The van der Waals surface area contributed by atoms with Crippen molar-refractivity contribution >= 4 is 5.91 Å². The lowest BCUT2D eigenvalue weighted by Gasteiger charge is -2.13. The van der Waals surface area contributed by atoms with Gasteiger partial charge in [-0.3, -0.25) is 4.79 Å². The highest BCUT2D eigenvalue weighted by molar-refractivity contribution is 5.79. The largest absolute Gasteiger partial charge is 0.485 e. The average Bonchev–Trinajstić information content (AvgIpc) is 2.46. The topological polar surface area (TPSA) is 52.3 Å². The van der Waals surface area contributed by atoms with Crippen molar-refractivity contribution in [2.24, 2.45) is 11.7 Å². The van der Waals surface area contributed by atoms with E-state index in [1.165, 1.54) is 6.42 Å². The predicted octanol–water partition coefficient (Wildman–Crippen LogP) is 0.945. The van der Waals surface area contributed by atoms with Gasteiger partial charge in [0.2, 0.25) is 0 Å². The van der Waals surface area contributed by atoms with Gasteiger partial charge in [0, 0.05) is 12.3 Å². The molecule has 2 rings (SSSR count). The third kappa shape index (κ3) is 1.19. The number of hydrogen-bond donors (Lipinski definition) is 1. The Balaban J connectivity index is 2.09. The highest BCUT2D eigenvalue weighted by atomic mass is 16.5. The highest BCUT2D eigenvalue weighted by Crippen LogP contribution is 2.36. The maximum Gasteiger partial charge on any atom is 0.258 e. The molecule has 1 amide bonds. The Labute approximate surface area is 71.6 Å². The number of rotatable bonds is 1. The van der Waals surface area contributed by atoms with Gasteiger partial charge >= 0.3 is 0 Å². The fourth-order valence-corrected chi connectivity index (χ4v) is 1.94. The second kappa shape index (κ2) is 2.81. The molecule has 1 aliphatic heterocycles. The summed E-state index contributed by atoms with van der Waals surface area (Å²) in [6, 6.07) is 0. The SMILES string of the molecule is NC(=O)C1CC2CCCC=C2O1. The van der Waals surface area contributed by atoms with Crippen molar-refractivity contribution in [1.82, 2.24) is 0 Å². The minimum absolute atomic E-state index is 0.328. The lowest BCUT2D eigenvalue weighted by Crippen LogP contribution is -2.27. The van der Waals surface area contributed by atoms with Crippen LogP contribution in [-0.4, -0.2) is 12.0 Å². The summed E-state index contributed by atoms with van der Waals surface area (Å²) in [6.07, 6.45) is 5.97. The molecule has 3 heteroatoms. The Morgan fingerprint density at radius 3 is 3.17 bits per heavy atom. The van der Waals surface area contributed by atoms with E-state index in [1.807, 2.05) is 0 Å². The van der Waals surface area contributed by atoms with Crippen LogP contribution in [0.5, 0.6) is 0 Å². The zero-order valence-electron chi connectivity index (χ0n) is 6.95. The Hall–Kier alpha value is -0.990. The van der Waals surface area contributed by atoms with Crippen LogP contribution in [0.25, 0.3) is 0 Å². The van der Waals surface area contributed by atoms with Crippen molar-refractivity contribution in [3.63, 3.8) is 0 Å². The number of allylic oxidation sites excluding steroid dienone is 2. The molecule has 1 heterocycles. The van der Waals surface area contributed by atoms with Crippen molar-refractivity contribution in [3.05, 3.63) is 11.8 Å². The number of ether oxygens (including phenoxy) is 1. The summed E-state index contributed by atoms with van der Waals surface area (Å²) in [7, 11) is 0. The van der Waals surface area contributed by atoms with Crippen molar-refractivity contribution in [2.75, 3.05) is 0 Å². The van der Waals surface area contributed by atoms with E-state index in [0.717, 1.165) is 25.0 Å². The van der Waals surface area contributed by atoms with E-state index < -0.39 is 0 Å². The Bertz CT molecular complexity index is 235. The van der Waals surface area contributed by atoms with Gasteiger partial charge in [0.25, 0.3) is 5.91 Å². The minimum atomic E-state index is -0.362. The molecule has 0 aromatic rings. The number of primary amides is 1. The molecule has 1 fully saturated rings. The van der Waals surface area contributed by atoms with Crippen LogP contribution in [0.1, 0.15) is 25.7 Å². The molecule has 66 valence electrons. The summed E-state index contributed by atoms with van der Waals surface area (Å²) in [5.41, 5.74) is 5.16. The number of amides is 1. The maximum atomic E-state index is 10.8. The molecule has 1 aliphatic carbocycles. The molecule has 2 N–H and O–H groups in total. The molecule has 0 bridgehead atoms. The van der Waals surface area contributed by atoms with E-state index in [0.29, 0.717) is 5.92 Å². The van der Waals surface area contributed by atoms with Crippen LogP contribution in [0.2, 0.25) is 0 Å². The lowest BCUT2D eigenvalue weighted by atomic mass is 9.92. The van der Waals surface area contributed by atoms with Gasteiger partial charge in [-0.25, -0.2) is 0 Å². The summed E-state index contributed by atoms with van der Waals surface area (Å²) in [5, 5.41) is 0. The van der Waals surface area contributed by atoms with E-state index in [9.17, 15) is 4.79 Å². The van der Waals surface area contributed by atoms with Crippen molar-refractivity contribution in [1.29, 1.82) is 0 Å². The molecule has 0 saturated carbocycles. The van der Waals surface area contributed by atoms with Crippen LogP contribution >= 0.6 is 0 Å². The molecule has 0 aromatic heterocycles. The molecule has 2 aliphatic rings. The van der Waals surface area contributed by atoms with Gasteiger partial charge in [-0.15, -0.1) is 0 Å². The van der Waals surface area contributed by atoms with Gasteiger partial charge in [-0.05, 0) is 25.3 Å². The van der Waals surface area contributed by atoms with Crippen molar-refractivity contribution < 1.29 is 9.53 Å². The zero-order valence-corrected chi connectivity index (χ0v) is 6.95. The third-order valence-corrected chi connectivity index (χ3v) is 2.60. The van der Waals surface area contributed by atoms with Crippen LogP contribution in [0.3, 0.4) is 0 Å². The zero-order chi connectivity index (χ0) is 8.55. The first-order chi connectivity index (χ1) is 5.77. The van der Waals surface area contributed by atoms with Gasteiger partial charge < -0.3 is 10.5 Å². The van der Waals surface area contributed by atoms with Crippen LogP contribution in [0.4, 0.5) is 0 Å². The van der Waals surface area contributed by atoms with Crippen LogP contribution in [0.15, 0.2) is 11.8 Å². The predicted molar refractivity (Wildman–Crippen MR) is 44.1 cm³/mol. The van der Waals surface area contributed by atoms with E-state index in [1.54, 1.807) is 0 Å². The van der Waals surface area contributed by atoms with Gasteiger partial charge in [0.1, 0.15) is 0 Å². The summed E-state index contributed by atoms with van der Waals surface area (Å²) in [6.45, 7) is 0. The number of nitrogens with two attached hydrogens (primary N) is 1. The molecule has 3 nitrogen and oxygen atoms in total. The summed E-state index contributed by atoms with van der Waals surface area (Å²) >= 11 is 0. The Morgan fingerprint density at radius 2 is 2.50 bits per heavy atom. The average molecular weight is 167 g/mol. The molecule has 2 atom stereocenters. The number of fused-ring (bicyclic) bond motifs is 1. The molecule has 12 heavy (non-hydrogen) atoms. The minimum Gasteiger partial charge on any atom is -0.485 e. The van der Waals surface area contributed by atoms with Gasteiger partial charge in [-0.2, -0.15) is 0 Å². The van der Waals surface area contributed by atoms with Crippen LogP contribution < -0.4 is 5.73 Å². The first-order valence-electron chi connectivity index (χ1n) is 4.43. The van der Waals surface area contributed by atoms with Gasteiger partial charge in [0.15, 0.2) is 6.10 Å². The van der Waals surface area contributed by atoms with Gasteiger partial charge in [-0.1, -0.05) is 0 Å². The fraction of sp³-hybridized carbons (Fsp3) is 0.667. The van der Waals surface area contributed by atoms with E-state index in [4.69, 9.17) is 10.5 Å². The molecule has 1 saturated heterocycles. The van der Waals surface area contributed by atoms with Crippen molar-refractivity contribution in [3.8, 4) is 0 Å². The fourth-order valence-electron chi connectivity index (χ4n) is 1.94. The molecule has 0 aromatic carbocycles. The van der Waals surface area contributed by atoms with Crippen LogP contribution in [0, 0.1) is 5.92 Å². The second-order valence-electron chi connectivity index (χ2n) is 3.48. The number of carbonyl (C=O) groups is 1. The van der Waals surface area contributed by atoms with Crippen molar-refractivity contribution in [2.45, 2.75) is 31.8 Å². The van der Waals surface area contributed by atoms with E-state index in [2.05, 4.69) is 6.08 Å². The van der Waals surface area contributed by atoms with Gasteiger partial charge in [0.05, 0.1) is 5.76 Å². The Morgan fingerprint density at radius 1 is 1.67 bits per heavy atom. The highest BCUT2D eigenvalue weighted by Gasteiger charge is 2.34. The van der Waals surface area contributed by atoms with E-state index >= 15 is 0 Å². The van der Waals surface area contributed by atoms with E-state index in [-0.39, 0.29) is 12.0 Å². The normalized spacial score (nSPS) is 33.5. The smallest absolute Gasteiger partial charge is 0.258 e. The summed E-state index contributed by atoms with van der Waals surface area (Å²) in [5.74, 6) is 1.14. The standard InChI is InChI=1S/C9H13NO2/c10-9(11)8-5-6-3-1-2-4-7(6)12-8/h4,6,8H,1-3,5H2,(H2,10,11). The molecule has 2 unspecified atom stereocenters. The molecule has 0 spiro atoms. The monoisotopic (exact) mass is 167 g/mol. The number of hydrogen-bond acceptors (Lipinski definition) is 2. The first kappa shape index (κ1) is 7.65. The summed E-state index contributed by atoms with van der Waals surface area (Å²) in [4.78, 5) is 10.8. The molecular weight excluding hydrogens is 154 g/mol. The lowest BCUT2D eigenvalue weighted by molar-refractivity contribution is -0.125. The first-order valence-corrected chi connectivity index (χ1v) is 4.43. The molecule has 0 radical (unpaired) electrons. The molecular formula is C9H13NO2. The number of carbonyl (C=O) groups excluding carboxylic acids is 1. The third-order valence-electron chi connectivity index (χ3n) is 2.60. The van der Waals surface area contributed by atoms with Crippen LogP contribution in [-0.2, 0) is 9.53 Å². The second-order valence-corrected chi connectivity index (χ2v) is 3.48.